The first-order valence-electron chi connectivity index (χ1n) is 7.54. The molecule has 2 aromatic rings. The standard InChI is InChI=1S/C17H20N2O2/c1-2-13-8-9-16-15(10-13)11-19(18-16)17(20)21-12-14-6-4-3-5-7-14/h3-7,11,13H,2,8-10,12H2,1H3. The molecule has 1 aliphatic carbocycles. The molecule has 1 unspecified atom stereocenters. The van der Waals surface area contributed by atoms with Gasteiger partial charge in [0.25, 0.3) is 0 Å². The minimum absolute atomic E-state index is 0.280. The molecule has 0 bridgehead atoms. The van der Waals surface area contributed by atoms with E-state index in [1.807, 2.05) is 36.5 Å². The molecule has 0 saturated carbocycles. The molecule has 1 aliphatic rings. The van der Waals surface area contributed by atoms with Crippen LogP contribution in [-0.2, 0) is 24.2 Å². The second-order valence-electron chi connectivity index (χ2n) is 5.60. The molecule has 0 spiro atoms. The molecule has 0 amide bonds. The van der Waals surface area contributed by atoms with Crippen molar-refractivity contribution < 1.29 is 9.53 Å². The van der Waals surface area contributed by atoms with Gasteiger partial charge in [0.05, 0.1) is 5.69 Å². The minimum atomic E-state index is -0.402. The maximum atomic E-state index is 12.1. The van der Waals surface area contributed by atoms with Crippen LogP contribution in [0.4, 0.5) is 4.79 Å². The van der Waals surface area contributed by atoms with E-state index < -0.39 is 6.09 Å². The van der Waals surface area contributed by atoms with Crippen LogP contribution in [0.25, 0.3) is 0 Å². The molecular weight excluding hydrogens is 264 g/mol. The van der Waals surface area contributed by atoms with Crippen LogP contribution in [0.5, 0.6) is 0 Å². The van der Waals surface area contributed by atoms with Crippen LogP contribution in [0, 0.1) is 5.92 Å². The quantitative estimate of drug-likeness (QED) is 0.865. The average molecular weight is 284 g/mol. The summed E-state index contributed by atoms with van der Waals surface area (Å²) in [5.74, 6) is 0.718. The highest BCUT2D eigenvalue weighted by Crippen LogP contribution is 2.26. The Bertz CT molecular complexity index is 619. The van der Waals surface area contributed by atoms with E-state index in [-0.39, 0.29) is 6.61 Å². The molecule has 0 radical (unpaired) electrons. The van der Waals surface area contributed by atoms with Crippen molar-refractivity contribution >= 4 is 6.09 Å². The van der Waals surface area contributed by atoms with E-state index in [1.54, 1.807) is 0 Å². The molecule has 0 N–H and O–H groups in total. The Hall–Kier alpha value is -2.10. The van der Waals surface area contributed by atoms with Gasteiger partial charge in [-0.2, -0.15) is 9.78 Å². The molecule has 1 heterocycles. The highest BCUT2D eigenvalue weighted by atomic mass is 16.6. The van der Waals surface area contributed by atoms with E-state index in [2.05, 4.69) is 12.0 Å². The van der Waals surface area contributed by atoms with Gasteiger partial charge < -0.3 is 4.74 Å². The molecule has 1 atom stereocenters. The van der Waals surface area contributed by atoms with Gasteiger partial charge in [-0.25, -0.2) is 4.79 Å². The van der Waals surface area contributed by atoms with Crippen LogP contribution in [0.1, 0.15) is 36.6 Å². The number of ether oxygens (including phenoxy) is 1. The first-order chi connectivity index (χ1) is 10.3. The molecule has 0 fully saturated rings. The van der Waals surface area contributed by atoms with Crippen molar-refractivity contribution in [1.29, 1.82) is 0 Å². The highest BCUT2D eigenvalue weighted by molar-refractivity contribution is 5.69. The van der Waals surface area contributed by atoms with E-state index in [1.165, 1.54) is 23.1 Å². The summed E-state index contributed by atoms with van der Waals surface area (Å²) in [4.78, 5) is 12.1. The number of carbonyl (C=O) groups is 1. The first kappa shape index (κ1) is 13.9. The van der Waals surface area contributed by atoms with Crippen LogP contribution in [0.15, 0.2) is 36.5 Å². The van der Waals surface area contributed by atoms with Gasteiger partial charge in [0.1, 0.15) is 6.61 Å². The lowest BCUT2D eigenvalue weighted by atomic mass is 9.86. The van der Waals surface area contributed by atoms with Crippen molar-refractivity contribution in [3.8, 4) is 0 Å². The van der Waals surface area contributed by atoms with E-state index in [9.17, 15) is 4.79 Å². The summed E-state index contributed by atoms with van der Waals surface area (Å²) in [5, 5.41) is 4.37. The van der Waals surface area contributed by atoms with Crippen molar-refractivity contribution in [2.45, 2.75) is 39.2 Å². The van der Waals surface area contributed by atoms with Gasteiger partial charge in [-0.05, 0) is 36.3 Å². The Morgan fingerprint density at radius 3 is 2.95 bits per heavy atom. The van der Waals surface area contributed by atoms with Crippen LogP contribution in [-0.4, -0.2) is 15.9 Å². The fourth-order valence-electron chi connectivity index (χ4n) is 2.81. The van der Waals surface area contributed by atoms with Gasteiger partial charge in [-0.3, -0.25) is 0 Å². The predicted molar refractivity (Wildman–Crippen MR) is 80.1 cm³/mol. The third-order valence-electron chi connectivity index (χ3n) is 4.14. The fraction of sp³-hybridized carbons (Fsp3) is 0.412. The maximum Gasteiger partial charge on any atom is 0.435 e. The molecule has 4 heteroatoms. The van der Waals surface area contributed by atoms with Crippen molar-refractivity contribution in [3.63, 3.8) is 0 Å². The lowest BCUT2D eigenvalue weighted by Crippen LogP contribution is -2.14. The minimum Gasteiger partial charge on any atom is -0.443 e. The van der Waals surface area contributed by atoms with Crippen LogP contribution in [0.2, 0.25) is 0 Å². The van der Waals surface area contributed by atoms with Crippen molar-refractivity contribution in [2.75, 3.05) is 0 Å². The zero-order valence-electron chi connectivity index (χ0n) is 12.3. The number of benzene rings is 1. The van der Waals surface area contributed by atoms with Gasteiger partial charge in [0, 0.05) is 6.20 Å². The number of rotatable bonds is 3. The maximum absolute atomic E-state index is 12.1. The summed E-state index contributed by atoms with van der Waals surface area (Å²) in [6.07, 6.45) is 5.78. The van der Waals surface area contributed by atoms with Crippen LogP contribution < -0.4 is 0 Å². The lowest BCUT2D eigenvalue weighted by molar-refractivity contribution is 0.137. The lowest BCUT2D eigenvalue weighted by Gasteiger charge is -2.18. The third kappa shape index (κ3) is 3.15. The van der Waals surface area contributed by atoms with Gasteiger partial charge in [-0.15, -0.1) is 0 Å². The van der Waals surface area contributed by atoms with Gasteiger partial charge in [-0.1, -0.05) is 43.7 Å². The van der Waals surface area contributed by atoms with E-state index >= 15 is 0 Å². The molecule has 1 aromatic carbocycles. The normalized spacial score (nSPS) is 17.3. The Morgan fingerprint density at radius 1 is 1.38 bits per heavy atom. The molecule has 0 saturated heterocycles. The summed E-state index contributed by atoms with van der Waals surface area (Å²) >= 11 is 0. The molecular formula is C17H20N2O2. The summed E-state index contributed by atoms with van der Waals surface area (Å²) in [7, 11) is 0. The van der Waals surface area contributed by atoms with Gasteiger partial charge in [0.2, 0.25) is 0 Å². The Labute approximate surface area is 124 Å². The average Bonchev–Trinajstić information content (AvgIpc) is 2.96. The summed E-state index contributed by atoms with van der Waals surface area (Å²) < 4.78 is 6.66. The molecule has 4 nitrogen and oxygen atoms in total. The Kier molecular flexibility index (Phi) is 4.04. The molecule has 110 valence electrons. The number of nitrogens with zero attached hydrogens (tertiary/aromatic N) is 2. The number of hydrogen-bond donors (Lipinski definition) is 0. The van der Waals surface area contributed by atoms with Crippen LogP contribution >= 0.6 is 0 Å². The number of hydrogen-bond acceptors (Lipinski definition) is 3. The fourth-order valence-corrected chi connectivity index (χ4v) is 2.81. The predicted octanol–water partition coefficient (Wildman–Crippen LogP) is 3.58. The summed E-state index contributed by atoms with van der Waals surface area (Å²) in [6.45, 7) is 2.50. The molecule has 1 aromatic heterocycles. The summed E-state index contributed by atoms with van der Waals surface area (Å²) in [6, 6.07) is 9.68. The number of aromatic nitrogens is 2. The zero-order chi connectivity index (χ0) is 14.7. The number of fused-ring (bicyclic) bond motifs is 1. The largest absolute Gasteiger partial charge is 0.443 e. The monoisotopic (exact) mass is 284 g/mol. The second-order valence-corrected chi connectivity index (χ2v) is 5.60. The third-order valence-corrected chi connectivity index (χ3v) is 4.14. The summed E-state index contributed by atoms with van der Waals surface area (Å²) in [5.41, 5.74) is 3.23. The van der Waals surface area contributed by atoms with Crippen molar-refractivity contribution in [2.24, 2.45) is 5.92 Å². The molecule has 21 heavy (non-hydrogen) atoms. The zero-order valence-corrected chi connectivity index (χ0v) is 12.3. The smallest absolute Gasteiger partial charge is 0.435 e. The van der Waals surface area contributed by atoms with E-state index in [4.69, 9.17) is 4.74 Å². The molecule has 0 aliphatic heterocycles. The van der Waals surface area contributed by atoms with E-state index in [0.29, 0.717) is 0 Å². The molecule has 3 rings (SSSR count). The van der Waals surface area contributed by atoms with Crippen LogP contribution in [0.3, 0.4) is 0 Å². The van der Waals surface area contributed by atoms with Crippen molar-refractivity contribution in [1.82, 2.24) is 9.78 Å². The second kappa shape index (κ2) is 6.12. The van der Waals surface area contributed by atoms with Crippen molar-refractivity contribution in [3.05, 3.63) is 53.3 Å². The first-order valence-corrected chi connectivity index (χ1v) is 7.54. The highest BCUT2D eigenvalue weighted by Gasteiger charge is 2.22. The van der Waals surface area contributed by atoms with E-state index in [0.717, 1.165) is 30.0 Å². The number of carbonyl (C=O) groups excluding carboxylic acids is 1. The number of aryl methyl sites for hydroxylation is 1. The van der Waals surface area contributed by atoms with Gasteiger partial charge >= 0.3 is 6.09 Å². The SMILES string of the molecule is CCC1CCc2nn(C(=O)OCc3ccccc3)cc2C1. The Morgan fingerprint density at radius 2 is 2.19 bits per heavy atom. The Balaban J connectivity index is 1.65. The topological polar surface area (TPSA) is 44.1 Å². The van der Waals surface area contributed by atoms with Gasteiger partial charge in [0.15, 0.2) is 0 Å².